The lowest BCUT2D eigenvalue weighted by Gasteiger charge is -2.14. The second kappa shape index (κ2) is 8.14. The molecule has 2 N–H and O–H groups in total. The van der Waals surface area contributed by atoms with Crippen molar-refractivity contribution >= 4 is 16.9 Å². The Morgan fingerprint density at radius 2 is 1.97 bits per heavy atom. The Morgan fingerprint density at radius 1 is 1.10 bits per heavy atom. The smallest absolute Gasteiger partial charge is 0.303 e. The minimum atomic E-state index is -0.841. The number of rotatable bonds is 7. The highest BCUT2D eigenvalue weighted by atomic mass is 19.1. The van der Waals surface area contributed by atoms with E-state index in [0.29, 0.717) is 17.7 Å². The van der Waals surface area contributed by atoms with E-state index < -0.39 is 5.97 Å². The van der Waals surface area contributed by atoms with E-state index >= 15 is 0 Å². The number of carboxylic acids is 1. The summed E-state index contributed by atoms with van der Waals surface area (Å²) >= 11 is 0. The predicted octanol–water partition coefficient (Wildman–Crippen LogP) is 4.97. The van der Waals surface area contributed by atoms with Gasteiger partial charge in [0.1, 0.15) is 18.2 Å². The first-order valence-electron chi connectivity index (χ1n) is 9.24. The van der Waals surface area contributed by atoms with Crippen LogP contribution in [0.3, 0.4) is 0 Å². The number of hydrogen-bond acceptors (Lipinski definition) is 3. The molecular weight excluding hydrogens is 371 g/mol. The standard InChI is InChI=1S/C23H19FN2O3/c24-20-4-2-1-3-17(20)14-29-22-9-5-15(6-10-23(27)28)11-19(22)16-7-8-21-18(12-16)13-25-26-21/h1-5,7-9,11-13H,6,10,14H2,(H,25,26)(H,27,28). The molecular formula is C23H19FN2O3. The second-order valence-electron chi connectivity index (χ2n) is 6.78. The van der Waals surface area contributed by atoms with Crippen molar-refractivity contribution in [3.05, 3.63) is 83.8 Å². The maximum atomic E-state index is 13.9. The van der Waals surface area contributed by atoms with Gasteiger partial charge >= 0.3 is 5.97 Å². The van der Waals surface area contributed by atoms with Crippen LogP contribution in [-0.2, 0) is 17.8 Å². The summed E-state index contributed by atoms with van der Waals surface area (Å²) in [7, 11) is 0. The van der Waals surface area contributed by atoms with E-state index in [9.17, 15) is 9.18 Å². The highest BCUT2D eigenvalue weighted by molar-refractivity contribution is 5.85. The maximum Gasteiger partial charge on any atom is 0.303 e. The highest BCUT2D eigenvalue weighted by Gasteiger charge is 2.12. The summed E-state index contributed by atoms with van der Waals surface area (Å²) in [6.07, 6.45) is 2.21. The summed E-state index contributed by atoms with van der Waals surface area (Å²) in [6.45, 7) is 0.0993. The molecule has 0 spiro atoms. The summed E-state index contributed by atoms with van der Waals surface area (Å²) in [5.74, 6) is -0.548. The Morgan fingerprint density at radius 3 is 2.79 bits per heavy atom. The van der Waals surface area contributed by atoms with E-state index in [1.54, 1.807) is 24.4 Å². The van der Waals surface area contributed by atoms with Gasteiger partial charge < -0.3 is 9.84 Å². The Balaban J connectivity index is 1.69. The number of H-pyrrole nitrogens is 1. The summed E-state index contributed by atoms with van der Waals surface area (Å²) in [5, 5.41) is 16.9. The van der Waals surface area contributed by atoms with Crippen molar-refractivity contribution in [1.82, 2.24) is 10.2 Å². The summed E-state index contributed by atoms with van der Waals surface area (Å²) in [4.78, 5) is 10.9. The third-order valence-corrected chi connectivity index (χ3v) is 4.76. The Hall–Kier alpha value is -3.67. The van der Waals surface area contributed by atoms with E-state index in [0.717, 1.165) is 27.6 Å². The van der Waals surface area contributed by atoms with Crippen molar-refractivity contribution in [2.24, 2.45) is 0 Å². The van der Waals surface area contributed by atoms with Crippen LogP contribution in [0.25, 0.3) is 22.0 Å². The number of benzene rings is 3. The maximum absolute atomic E-state index is 13.9. The van der Waals surface area contributed by atoms with Crippen molar-refractivity contribution in [2.45, 2.75) is 19.4 Å². The molecule has 0 atom stereocenters. The molecule has 4 aromatic rings. The fourth-order valence-electron chi connectivity index (χ4n) is 3.22. The lowest BCUT2D eigenvalue weighted by Crippen LogP contribution is -2.01. The van der Waals surface area contributed by atoms with Crippen molar-refractivity contribution in [3.63, 3.8) is 0 Å². The molecule has 0 aliphatic heterocycles. The second-order valence-corrected chi connectivity index (χ2v) is 6.78. The number of aromatic amines is 1. The van der Waals surface area contributed by atoms with Gasteiger partial charge in [-0.05, 0) is 47.9 Å². The van der Waals surface area contributed by atoms with Crippen LogP contribution in [0.5, 0.6) is 5.75 Å². The summed E-state index contributed by atoms with van der Waals surface area (Å²) in [5.41, 5.74) is 4.03. The van der Waals surface area contributed by atoms with E-state index in [4.69, 9.17) is 9.84 Å². The summed E-state index contributed by atoms with van der Waals surface area (Å²) in [6, 6.07) is 18.0. The molecule has 4 rings (SSSR count). The van der Waals surface area contributed by atoms with Gasteiger partial charge in [-0.2, -0.15) is 5.10 Å². The molecule has 0 aliphatic rings. The van der Waals surface area contributed by atoms with Crippen LogP contribution in [0.2, 0.25) is 0 Å². The van der Waals surface area contributed by atoms with Crippen LogP contribution < -0.4 is 4.74 Å². The number of carbonyl (C=O) groups is 1. The molecule has 146 valence electrons. The van der Waals surface area contributed by atoms with Gasteiger partial charge in [0, 0.05) is 22.9 Å². The molecule has 3 aromatic carbocycles. The van der Waals surface area contributed by atoms with Crippen LogP contribution in [0, 0.1) is 5.82 Å². The molecule has 0 saturated carbocycles. The van der Waals surface area contributed by atoms with Gasteiger partial charge in [-0.3, -0.25) is 9.89 Å². The molecule has 0 radical (unpaired) electrons. The zero-order chi connectivity index (χ0) is 20.2. The normalized spacial score (nSPS) is 10.9. The zero-order valence-electron chi connectivity index (χ0n) is 15.6. The van der Waals surface area contributed by atoms with Gasteiger partial charge in [0.05, 0.1) is 11.7 Å². The quantitative estimate of drug-likeness (QED) is 0.467. The lowest BCUT2D eigenvalue weighted by atomic mass is 9.99. The SMILES string of the molecule is O=C(O)CCc1ccc(OCc2ccccc2F)c(-c2ccc3[nH]ncc3c2)c1. The largest absolute Gasteiger partial charge is 0.488 e. The first-order valence-corrected chi connectivity index (χ1v) is 9.24. The number of carboxylic acid groups (broad SMARTS) is 1. The third kappa shape index (κ3) is 4.27. The molecule has 0 fully saturated rings. The molecule has 0 aliphatic carbocycles. The number of halogens is 1. The first-order chi connectivity index (χ1) is 14.1. The first kappa shape index (κ1) is 18.7. The third-order valence-electron chi connectivity index (χ3n) is 4.76. The Labute approximate surface area is 166 Å². The molecule has 1 aromatic heterocycles. The van der Waals surface area contributed by atoms with Crippen molar-refractivity contribution in [2.75, 3.05) is 0 Å². The molecule has 0 unspecified atom stereocenters. The van der Waals surface area contributed by atoms with Gasteiger partial charge in [-0.25, -0.2) is 4.39 Å². The minimum absolute atomic E-state index is 0.0512. The van der Waals surface area contributed by atoms with Crippen molar-refractivity contribution in [3.8, 4) is 16.9 Å². The average molecular weight is 390 g/mol. The minimum Gasteiger partial charge on any atom is -0.488 e. The fraction of sp³-hybridized carbons (Fsp3) is 0.130. The van der Waals surface area contributed by atoms with E-state index in [1.165, 1.54) is 6.07 Å². The number of aryl methyl sites for hydroxylation is 1. The number of aliphatic carboxylic acids is 1. The van der Waals surface area contributed by atoms with E-state index in [-0.39, 0.29) is 18.8 Å². The molecule has 0 saturated heterocycles. The van der Waals surface area contributed by atoms with Crippen LogP contribution in [0.15, 0.2) is 66.9 Å². The fourth-order valence-corrected chi connectivity index (χ4v) is 3.22. The van der Waals surface area contributed by atoms with Crippen molar-refractivity contribution in [1.29, 1.82) is 0 Å². The predicted molar refractivity (Wildman–Crippen MR) is 108 cm³/mol. The van der Waals surface area contributed by atoms with Crippen LogP contribution >= 0.6 is 0 Å². The number of hydrogen-bond donors (Lipinski definition) is 2. The van der Waals surface area contributed by atoms with Crippen molar-refractivity contribution < 1.29 is 19.0 Å². The summed E-state index contributed by atoms with van der Waals surface area (Å²) < 4.78 is 19.9. The molecule has 6 heteroatoms. The number of nitrogens with one attached hydrogen (secondary N) is 1. The van der Waals surface area contributed by atoms with E-state index in [1.807, 2.05) is 36.4 Å². The topological polar surface area (TPSA) is 75.2 Å². The van der Waals surface area contributed by atoms with Crippen LogP contribution in [-0.4, -0.2) is 21.3 Å². The number of aromatic nitrogens is 2. The average Bonchev–Trinajstić information content (AvgIpc) is 3.20. The van der Waals surface area contributed by atoms with Gasteiger partial charge in [-0.15, -0.1) is 0 Å². The van der Waals surface area contributed by atoms with Gasteiger partial charge in [0.2, 0.25) is 0 Å². The van der Waals surface area contributed by atoms with Gasteiger partial charge in [-0.1, -0.05) is 30.3 Å². The lowest BCUT2D eigenvalue weighted by molar-refractivity contribution is -0.136. The number of nitrogens with zero attached hydrogens (tertiary/aromatic N) is 1. The highest BCUT2D eigenvalue weighted by Crippen LogP contribution is 2.33. The molecule has 0 bridgehead atoms. The monoisotopic (exact) mass is 390 g/mol. The molecule has 29 heavy (non-hydrogen) atoms. The molecule has 0 amide bonds. The van der Waals surface area contributed by atoms with Gasteiger partial charge in [0.25, 0.3) is 0 Å². The van der Waals surface area contributed by atoms with Crippen LogP contribution in [0.1, 0.15) is 17.5 Å². The number of ether oxygens (including phenoxy) is 1. The molecule has 5 nitrogen and oxygen atoms in total. The van der Waals surface area contributed by atoms with E-state index in [2.05, 4.69) is 10.2 Å². The Bertz CT molecular complexity index is 1170. The Kier molecular flexibility index (Phi) is 5.24. The van der Waals surface area contributed by atoms with Crippen LogP contribution in [0.4, 0.5) is 4.39 Å². The zero-order valence-corrected chi connectivity index (χ0v) is 15.6. The number of fused-ring (bicyclic) bond motifs is 1. The molecule has 1 heterocycles. The van der Waals surface area contributed by atoms with Gasteiger partial charge in [0.15, 0.2) is 0 Å².